The predicted octanol–water partition coefficient (Wildman–Crippen LogP) is -0.977. The molecule has 0 spiro atoms. The second-order valence-corrected chi connectivity index (χ2v) is 3.64. The molecule has 1 aromatic rings. The SMILES string of the molecule is NC(=O)CN(CC(=O)O)C(=O)Cc1ccncc1. The minimum absolute atomic E-state index is 0.00306. The van der Waals surface area contributed by atoms with Gasteiger partial charge in [-0.3, -0.25) is 19.4 Å². The molecule has 0 saturated heterocycles. The van der Waals surface area contributed by atoms with Crippen LogP contribution in [0.25, 0.3) is 0 Å². The lowest BCUT2D eigenvalue weighted by Gasteiger charge is -2.18. The van der Waals surface area contributed by atoms with E-state index in [4.69, 9.17) is 10.8 Å². The van der Waals surface area contributed by atoms with Gasteiger partial charge in [0.25, 0.3) is 0 Å². The van der Waals surface area contributed by atoms with Crippen molar-refractivity contribution in [3.8, 4) is 0 Å². The first kappa shape index (κ1) is 13.6. The zero-order valence-electron chi connectivity index (χ0n) is 9.57. The quantitative estimate of drug-likeness (QED) is 0.674. The zero-order valence-corrected chi connectivity index (χ0v) is 9.57. The van der Waals surface area contributed by atoms with Crippen molar-refractivity contribution in [1.82, 2.24) is 9.88 Å². The van der Waals surface area contributed by atoms with Crippen LogP contribution in [-0.4, -0.2) is 45.9 Å². The average Bonchev–Trinajstić information content (AvgIpc) is 2.28. The average molecular weight is 251 g/mol. The summed E-state index contributed by atoms with van der Waals surface area (Å²) < 4.78 is 0. The number of aromatic nitrogens is 1. The van der Waals surface area contributed by atoms with Gasteiger partial charge < -0.3 is 15.7 Å². The van der Waals surface area contributed by atoms with Gasteiger partial charge in [0.05, 0.1) is 13.0 Å². The van der Waals surface area contributed by atoms with Crippen LogP contribution in [0.3, 0.4) is 0 Å². The van der Waals surface area contributed by atoms with Crippen LogP contribution in [-0.2, 0) is 20.8 Å². The van der Waals surface area contributed by atoms with Crippen molar-refractivity contribution in [2.45, 2.75) is 6.42 Å². The van der Waals surface area contributed by atoms with Crippen molar-refractivity contribution >= 4 is 17.8 Å². The zero-order chi connectivity index (χ0) is 13.5. The summed E-state index contributed by atoms with van der Waals surface area (Å²) in [4.78, 5) is 37.9. The summed E-state index contributed by atoms with van der Waals surface area (Å²) in [7, 11) is 0. The minimum Gasteiger partial charge on any atom is -0.480 e. The van der Waals surface area contributed by atoms with Crippen LogP contribution in [0.1, 0.15) is 5.56 Å². The molecule has 0 aliphatic heterocycles. The van der Waals surface area contributed by atoms with Crippen molar-refractivity contribution in [2.75, 3.05) is 13.1 Å². The van der Waals surface area contributed by atoms with Gasteiger partial charge in [-0.25, -0.2) is 0 Å². The molecular weight excluding hydrogens is 238 g/mol. The fourth-order valence-corrected chi connectivity index (χ4v) is 1.37. The number of carbonyl (C=O) groups excluding carboxylic acids is 2. The Morgan fingerprint density at radius 1 is 1.22 bits per heavy atom. The highest BCUT2D eigenvalue weighted by molar-refractivity contribution is 5.87. The topological polar surface area (TPSA) is 114 Å². The number of hydrogen-bond donors (Lipinski definition) is 2. The summed E-state index contributed by atoms with van der Waals surface area (Å²) in [6.07, 6.45) is 3.06. The Hall–Kier alpha value is -2.44. The van der Waals surface area contributed by atoms with Gasteiger partial charge in [0.15, 0.2) is 0 Å². The van der Waals surface area contributed by atoms with E-state index < -0.39 is 30.9 Å². The minimum atomic E-state index is -1.20. The summed E-state index contributed by atoms with van der Waals surface area (Å²) in [5.74, 6) is -2.42. The smallest absolute Gasteiger partial charge is 0.323 e. The van der Waals surface area contributed by atoms with Gasteiger partial charge in [0.1, 0.15) is 6.54 Å². The number of primary amides is 1. The molecule has 0 aliphatic rings. The van der Waals surface area contributed by atoms with Crippen molar-refractivity contribution < 1.29 is 19.5 Å². The molecule has 1 heterocycles. The fraction of sp³-hybridized carbons (Fsp3) is 0.273. The molecule has 7 heteroatoms. The second-order valence-electron chi connectivity index (χ2n) is 3.64. The number of pyridine rings is 1. The summed E-state index contributed by atoms with van der Waals surface area (Å²) in [5.41, 5.74) is 5.65. The van der Waals surface area contributed by atoms with Crippen LogP contribution >= 0.6 is 0 Å². The molecule has 1 rings (SSSR count). The van der Waals surface area contributed by atoms with Crippen LogP contribution in [0.15, 0.2) is 24.5 Å². The number of carboxylic acid groups (broad SMARTS) is 1. The van der Waals surface area contributed by atoms with E-state index in [0.29, 0.717) is 5.56 Å². The van der Waals surface area contributed by atoms with E-state index in [2.05, 4.69) is 4.98 Å². The Labute approximate surface area is 103 Å². The number of rotatable bonds is 6. The van der Waals surface area contributed by atoms with Crippen LogP contribution in [0, 0.1) is 0 Å². The van der Waals surface area contributed by atoms with Crippen LogP contribution in [0.2, 0.25) is 0 Å². The number of hydrogen-bond acceptors (Lipinski definition) is 4. The van der Waals surface area contributed by atoms with Crippen molar-refractivity contribution in [3.05, 3.63) is 30.1 Å². The van der Waals surface area contributed by atoms with Gasteiger partial charge in [-0.1, -0.05) is 0 Å². The van der Waals surface area contributed by atoms with E-state index in [1.165, 1.54) is 12.4 Å². The third-order valence-corrected chi connectivity index (χ3v) is 2.13. The Morgan fingerprint density at radius 3 is 2.33 bits per heavy atom. The molecule has 2 amide bonds. The van der Waals surface area contributed by atoms with E-state index in [1.54, 1.807) is 12.1 Å². The van der Waals surface area contributed by atoms with Crippen molar-refractivity contribution in [2.24, 2.45) is 5.73 Å². The molecule has 0 fully saturated rings. The molecule has 0 aliphatic carbocycles. The predicted molar refractivity (Wildman–Crippen MR) is 61.4 cm³/mol. The van der Waals surface area contributed by atoms with E-state index in [0.717, 1.165) is 4.90 Å². The monoisotopic (exact) mass is 251 g/mol. The molecule has 3 N–H and O–H groups in total. The van der Waals surface area contributed by atoms with E-state index in [-0.39, 0.29) is 6.42 Å². The highest BCUT2D eigenvalue weighted by Crippen LogP contribution is 2.01. The largest absolute Gasteiger partial charge is 0.480 e. The van der Waals surface area contributed by atoms with E-state index >= 15 is 0 Å². The molecule has 0 atom stereocenters. The van der Waals surface area contributed by atoms with Gasteiger partial charge in [0.2, 0.25) is 11.8 Å². The molecule has 0 radical (unpaired) electrons. The molecule has 0 bridgehead atoms. The number of aliphatic carboxylic acids is 1. The standard InChI is InChI=1S/C11H13N3O4/c12-9(15)6-14(7-11(17)18)10(16)5-8-1-3-13-4-2-8/h1-4H,5-7H2,(H2,12,15)(H,17,18). The lowest BCUT2D eigenvalue weighted by Crippen LogP contribution is -2.42. The first-order valence-electron chi connectivity index (χ1n) is 5.16. The molecule has 1 aromatic heterocycles. The molecule has 18 heavy (non-hydrogen) atoms. The molecule has 7 nitrogen and oxygen atoms in total. The van der Waals surface area contributed by atoms with Crippen LogP contribution < -0.4 is 5.73 Å². The number of nitrogens with zero attached hydrogens (tertiary/aromatic N) is 2. The van der Waals surface area contributed by atoms with Gasteiger partial charge in [-0.2, -0.15) is 0 Å². The summed E-state index contributed by atoms with van der Waals surface area (Å²) >= 11 is 0. The lowest BCUT2D eigenvalue weighted by atomic mass is 10.2. The normalized spacial score (nSPS) is 9.78. The molecule has 0 saturated carbocycles. The van der Waals surface area contributed by atoms with Crippen LogP contribution in [0.5, 0.6) is 0 Å². The summed E-state index contributed by atoms with van der Waals surface area (Å²) in [6.45, 7) is -0.955. The third kappa shape index (κ3) is 4.60. The Balaban J connectivity index is 2.69. The maximum atomic E-state index is 11.8. The van der Waals surface area contributed by atoms with E-state index in [1.807, 2.05) is 0 Å². The summed E-state index contributed by atoms with van der Waals surface area (Å²) in [5, 5.41) is 8.66. The van der Waals surface area contributed by atoms with Gasteiger partial charge in [-0.15, -0.1) is 0 Å². The molecule has 96 valence electrons. The number of carbonyl (C=O) groups is 3. The highest BCUT2D eigenvalue weighted by Gasteiger charge is 2.18. The van der Waals surface area contributed by atoms with E-state index in [9.17, 15) is 14.4 Å². The first-order valence-corrected chi connectivity index (χ1v) is 5.16. The fourth-order valence-electron chi connectivity index (χ4n) is 1.37. The van der Waals surface area contributed by atoms with Crippen molar-refractivity contribution in [1.29, 1.82) is 0 Å². The molecule has 0 unspecified atom stereocenters. The van der Waals surface area contributed by atoms with Crippen LogP contribution in [0.4, 0.5) is 0 Å². The first-order chi connectivity index (χ1) is 8.49. The molecular formula is C11H13N3O4. The maximum Gasteiger partial charge on any atom is 0.323 e. The second kappa shape index (κ2) is 6.33. The van der Waals surface area contributed by atoms with Crippen molar-refractivity contribution in [3.63, 3.8) is 0 Å². The number of nitrogens with two attached hydrogens (primary N) is 1. The van der Waals surface area contributed by atoms with Gasteiger partial charge >= 0.3 is 5.97 Å². The Morgan fingerprint density at radius 2 is 1.83 bits per heavy atom. The van der Waals surface area contributed by atoms with Gasteiger partial charge in [-0.05, 0) is 17.7 Å². The van der Waals surface area contributed by atoms with Gasteiger partial charge in [0, 0.05) is 12.4 Å². The lowest BCUT2D eigenvalue weighted by molar-refractivity contribution is -0.145. The molecule has 0 aromatic carbocycles. The Bertz CT molecular complexity index is 431. The Kier molecular flexibility index (Phi) is 4.79. The number of amides is 2. The number of carboxylic acids is 1. The highest BCUT2D eigenvalue weighted by atomic mass is 16.4. The third-order valence-electron chi connectivity index (χ3n) is 2.13. The maximum absolute atomic E-state index is 11.8. The summed E-state index contributed by atoms with van der Waals surface area (Å²) in [6, 6.07) is 3.28.